The molecule has 0 aliphatic carbocycles. The molecule has 2 N–H and O–H groups in total. The Morgan fingerprint density at radius 2 is 1.92 bits per heavy atom. The molecule has 6 nitrogen and oxygen atoms in total. The first kappa shape index (κ1) is 18.8. The van der Waals surface area contributed by atoms with Gasteiger partial charge in [-0.2, -0.15) is 0 Å². The lowest BCUT2D eigenvalue weighted by Crippen LogP contribution is -2.52. The van der Waals surface area contributed by atoms with E-state index in [4.69, 9.17) is 0 Å². The Morgan fingerprint density at radius 3 is 2.50 bits per heavy atom. The van der Waals surface area contributed by atoms with Gasteiger partial charge in [-0.25, -0.2) is 0 Å². The van der Waals surface area contributed by atoms with E-state index in [1.807, 2.05) is 18.2 Å². The predicted octanol–water partition coefficient (Wildman–Crippen LogP) is 0.722. The molecule has 0 radical (unpaired) electrons. The zero-order valence-electron chi connectivity index (χ0n) is 15.0. The first-order chi connectivity index (χ1) is 11.3. The number of nitrogens with zero attached hydrogens (tertiary/aromatic N) is 3. The molecule has 0 saturated carbocycles. The summed E-state index contributed by atoms with van der Waals surface area (Å²) in [5.74, 6) is 0.0313. The number of β-amino-alcohol motifs (C(OH)–C–C–N with tert-alkyl or cyclic N) is 1. The monoisotopic (exact) mass is 334 g/mol. The molecular weight excluding hydrogens is 304 g/mol. The number of amides is 1. The fourth-order valence-corrected chi connectivity index (χ4v) is 2.60. The highest BCUT2D eigenvalue weighted by Crippen LogP contribution is 2.20. The fourth-order valence-electron chi connectivity index (χ4n) is 2.60. The molecule has 0 bridgehead atoms. The quantitative estimate of drug-likeness (QED) is 0.802. The molecule has 2 rings (SSSR count). The molecular formula is C18H30N4O2. The van der Waals surface area contributed by atoms with Gasteiger partial charge in [-0.1, -0.05) is 26.8 Å². The number of aliphatic hydroxyl groups excluding tert-OH is 1. The summed E-state index contributed by atoms with van der Waals surface area (Å²) >= 11 is 0. The van der Waals surface area contributed by atoms with Crippen LogP contribution in [0, 0.1) is 5.41 Å². The van der Waals surface area contributed by atoms with Crippen LogP contribution in [-0.4, -0.2) is 71.2 Å². The fraction of sp³-hybridized carbons (Fsp3) is 0.667. The molecule has 0 unspecified atom stereocenters. The number of carbonyl (C=O) groups is 1. The number of nitrogens with one attached hydrogen (secondary N) is 1. The van der Waals surface area contributed by atoms with Crippen LogP contribution >= 0.6 is 0 Å². The SMILES string of the molecule is CC(C)(C)[C@@H](O)CN1CCN(CC(=O)NCc2ccccn2)CC1. The number of rotatable bonds is 6. The molecule has 1 saturated heterocycles. The van der Waals surface area contributed by atoms with Crippen molar-refractivity contribution < 1.29 is 9.90 Å². The number of piperazine rings is 1. The molecule has 1 amide bonds. The number of pyridine rings is 1. The minimum absolute atomic E-state index is 0.0313. The maximum absolute atomic E-state index is 12.0. The van der Waals surface area contributed by atoms with Crippen molar-refractivity contribution in [2.24, 2.45) is 5.41 Å². The average Bonchev–Trinajstić information content (AvgIpc) is 2.55. The normalized spacial score (nSPS) is 18.3. The second-order valence-electron chi connectivity index (χ2n) is 7.56. The van der Waals surface area contributed by atoms with Gasteiger partial charge in [0.15, 0.2) is 0 Å². The van der Waals surface area contributed by atoms with Gasteiger partial charge in [-0.15, -0.1) is 0 Å². The third-order valence-electron chi connectivity index (χ3n) is 4.46. The Morgan fingerprint density at radius 1 is 1.25 bits per heavy atom. The summed E-state index contributed by atoms with van der Waals surface area (Å²) < 4.78 is 0. The van der Waals surface area contributed by atoms with Crippen molar-refractivity contribution in [3.8, 4) is 0 Å². The van der Waals surface area contributed by atoms with E-state index in [1.54, 1.807) is 6.20 Å². The third-order valence-corrected chi connectivity index (χ3v) is 4.46. The molecule has 1 aromatic heterocycles. The lowest BCUT2D eigenvalue weighted by atomic mass is 9.89. The zero-order chi connectivity index (χ0) is 17.6. The van der Waals surface area contributed by atoms with Crippen molar-refractivity contribution in [2.45, 2.75) is 33.4 Å². The van der Waals surface area contributed by atoms with Crippen molar-refractivity contribution in [2.75, 3.05) is 39.3 Å². The van der Waals surface area contributed by atoms with Crippen molar-refractivity contribution in [3.05, 3.63) is 30.1 Å². The second-order valence-corrected chi connectivity index (χ2v) is 7.56. The van der Waals surface area contributed by atoms with Crippen molar-refractivity contribution >= 4 is 5.91 Å². The van der Waals surface area contributed by atoms with Crippen molar-refractivity contribution in [1.29, 1.82) is 0 Å². The predicted molar refractivity (Wildman–Crippen MR) is 94.4 cm³/mol. The maximum atomic E-state index is 12.0. The van der Waals surface area contributed by atoms with Crippen LogP contribution in [0.1, 0.15) is 26.5 Å². The van der Waals surface area contributed by atoms with Crippen LogP contribution < -0.4 is 5.32 Å². The van der Waals surface area contributed by atoms with Crippen LogP contribution in [0.2, 0.25) is 0 Å². The van der Waals surface area contributed by atoms with Crippen LogP contribution in [0.4, 0.5) is 0 Å². The van der Waals surface area contributed by atoms with E-state index in [9.17, 15) is 9.90 Å². The molecule has 2 heterocycles. The standard InChI is InChI=1S/C18H30N4O2/c1-18(2,3)16(23)13-21-8-10-22(11-9-21)14-17(24)20-12-15-6-4-5-7-19-15/h4-7,16,23H,8-14H2,1-3H3,(H,20,24)/t16-/m0/s1. The topological polar surface area (TPSA) is 68.7 Å². The highest BCUT2D eigenvalue weighted by Gasteiger charge is 2.26. The summed E-state index contributed by atoms with van der Waals surface area (Å²) in [6.07, 6.45) is 1.40. The van der Waals surface area contributed by atoms with Crippen LogP contribution in [0.5, 0.6) is 0 Å². The minimum atomic E-state index is -0.328. The Labute approximate surface area is 144 Å². The molecule has 0 spiro atoms. The molecule has 24 heavy (non-hydrogen) atoms. The molecule has 0 aromatic carbocycles. The van der Waals surface area contributed by atoms with Crippen LogP contribution in [-0.2, 0) is 11.3 Å². The van der Waals surface area contributed by atoms with Crippen LogP contribution in [0.15, 0.2) is 24.4 Å². The van der Waals surface area contributed by atoms with E-state index in [0.717, 1.165) is 31.9 Å². The number of aromatic nitrogens is 1. The molecule has 1 aromatic rings. The van der Waals surface area contributed by atoms with Crippen LogP contribution in [0.25, 0.3) is 0 Å². The third kappa shape index (κ3) is 6.19. The number of carbonyl (C=O) groups excluding carboxylic acids is 1. The van der Waals surface area contributed by atoms with E-state index in [1.165, 1.54) is 0 Å². The van der Waals surface area contributed by atoms with E-state index in [0.29, 0.717) is 19.6 Å². The summed E-state index contributed by atoms with van der Waals surface area (Å²) in [6.45, 7) is 11.2. The van der Waals surface area contributed by atoms with Gasteiger partial charge in [0.1, 0.15) is 0 Å². The van der Waals surface area contributed by atoms with Gasteiger partial charge in [0.2, 0.25) is 5.91 Å². The van der Waals surface area contributed by atoms with Gasteiger partial charge in [-0.3, -0.25) is 19.6 Å². The number of hydrogen-bond acceptors (Lipinski definition) is 5. The van der Waals surface area contributed by atoms with Gasteiger partial charge in [0.25, 0.3) is 0 Å². The molecule has 6 heteroatoms. The van der Waals surface area contributed by atoms with E-state index in [-0.39, 0.29) is 17.4 Å². The number of hydrogen-bond donors (Lipinski definition) is 2. The Hall–Kier alpha value is -1.50. The van der Waals surface area contributed by atoms with E-state index >= 15 is 0 Å². The summed E-state index contributed by atoms with van der Waals surface area (Å²) in [5.41, 5.74) is 0.773. The first-order valence-electron chi connectivity index (χ1n) is 8.64. The lowest BCUT2D eigenvalue weighted by Gasteiger charge is -2.37. The minimum Gasteiger partial charge on any atom is -0.391 e. The maximum Gasteiger partial charge on any atom is 0.234 e. The van der Waals surface area contributed by atoms with Gasteiger partial charge in [0.05, 0.1) is 24.9 Å². The molecule has 134 valence electrons. The first-order valence-corrected chi connectivity index (χ1v) is 8.64. The summed E-state index contributed by atoms with van der Waals surface area (Å²) in [5, 5.41) is 13.1. The summed E-state index contributed by atoms with van der Waals surface area (Å²) in [4.78, 5) is 20.7. The molecule has 1 fully saturated rings. The second kappa shape index (κ2) is 8.55. The molecule has 1 aliphatic rings. The van der Waals surface area contributed by atoms with Crippen LogP contribution in [0.3, 0.4) is 0 Å². The molecule has 1 aliphatic heterocycles. The van der Waals surface area contributed by atoms with Crippen molar-refractivity contribution in [3.63, 3.8) is 0 Å². The highest BCUT2D eigenvalue weighted by molar-refractivity contribution is 5.77. The van der Waals surface area contributed by atoms with Gasteiger partial charge in [0, 0.05) is 38.9 Å². The Kier molecular flexibility index (Phi) is 6.71. The summed E-state index contributed by atoms with van der Waals surface area (Å²) in [7, 11) is 0. The zero-order valence-corrected chi connectivity index (χ0v) is 15.0. The Balaban J connectivity index is 1.66. The molecule has 1 atom stereocenters. The van der Waals surface area contributed by atoms with E-state index in [2.05, 4.69) is 40.9 Å². The highest BCUT2D eigenvalue weighted by atomic mass is 16.3. The largest absolute Gasteiger partial charge is 0.391 e. The number of aliphatic hydroxyl groups is 1. The van der Waals surface area contributed by atoms with Gasteiger partial charge < -0.3 is 10.4 Å². The van der Waals surface area contributed by atoms with Crippen molar-refractivity contribution in [1.82, 2.24) is 20.1 Å². The lowest BCUT2D eigenvalue weighted by molar-refractivity contribution is -0.123. The van der Waals surface area contributed by atoms with Gasteiger partial charge in [-0.05, 0) is 17.5 Å². The van der Waals surface area contributed by atoms with Gasteiger partial charge >= 0.3 is 0 Å². The Bertz CT molecular complexity index is 508. The summed E-state index contributed by atoms with van der Waals surface area (Å²) in [6, 6.07) is 5.68. The smallest absolute Gasteiger partial charge is 0.234 e. The average molecular weight is 334 g/mol. The van der Waals surface area contributed by atoms with E-state index < -0.39 is 0 Å².